The molecule has 0 bridgehead atoms. The van der Waals surface area contributed by atoms with E-state index in [0.717, 1.165) is 37.9 Å². The molecule has 1 saturated heterocycles. The van der Waals surface area contributed by atoms with Gasteiger partial charge in [0.15, 0.2) is 0 Å². The number of aliphatic hydroxyl groups excluding tert-OH is 1. The van der Waals surface area contributed by atoms with Gasteiger partial charge in [0.05, 0.1) is 12.2 Å². The van der Waals surface area contributed by atoms with Crippen LogP contribution in [-0.2, 0) is 12.8 Å². The number of anilines is 1. The van der Waals surface area contributed by atoms with Crippen molar-refractivity contribution >= 4 is 22.4 Å². The van der Waals surface area contributed by atoms with Crippen molar-refractivity contribution in [2.24, 2.45) is 0 Å². The van der Waals surface area contributed by atoms with E-state index in [-0.39, 0.29) is 12.6 Å². The highest BCUT2D eigenvalue weighted by Gasteiger charge is 2.25. The SMILES string of the molecule is N#Cc1c(NC(=O)N2CCN(CCO)CC2)sc2c1CCC2. The summed E-state index contributed by atoms with van der Waals surface area (Å²) in [7, 11) is 0. The van der Waals surface area contributed by atoms with Gasteiger partial charge in [0.2, 0.25) is 0 Å². The number of nitriles is 1. The van der Waals surface area contributed by atoms with E-state index in [1.54, 1.807) is 16.2 Å². The van der Waals surface area contributed by atoms with Gasteiger partial charge in [-0.05, 0) is 24.8 Å². The predicted octanol–water partition coefficient (Wildman–Crippen LogP) is 1.25. The van der Waals surface area contributed by atoms with E-state index in [4.69, 9.17) is 5.11 Å². The second kappa shape index (κ2) is 6.65. The van der Waals surface area contributed by atoms with Crippen LogP contribution in [0.15, 0.2) is 0 Å². The molecule has 0 saturated carbocycles. The Morgan fingerprint density at radius 3 is 2.77 bits per heavy atom. The molecule has 1 aliphatic carbocycles. The van der Waals surface area contributed by atoms with Crippen molar-refractivity contribution in [2.75, 3.05) is 44.6 Å². The highest BCUT2D eigenvalue weighted by atomic mass is 32.1. The number of fused-ring (bicyclic) bond motifs is 1. The minimum atomic E-state index is -0.125. The van der Waals surface area contributed by atoms with Crippen LogP contribution in [-0.4, -0.2) is 60.3 Å². The Hall–Kier alpha value is -1.62. The van der Waals surface area contributed by atoms with Crippen LogP contribution in [0.5, 0.6) is 0 Å². The lowest BCUT2D eigenvalue weighted by Crippen LogP contribution is -2.50. The van der Waals surface area contributed by atoms with Crippen molar-refractivity contribution in [2.45, 2.75) is 19.3 Å². The van der Waals surface area contributed by atoms with Gasteiger partial charge >= 0.3 is 6.03 Å². The fourth-order valence-electron chi connectivity index (χ4n) is 3.10. The Morgan fingerprint density at radius 1 is 1.32 bits per heavy atom. The molecular formula is C15H20N4O2S. The lowest BCUT2D eigenvalue weighted by molar-refractivity contribution is 0.127. The number of aliphatic hydroxyl groups is 1. The van der Waals surface area contributed by atoms with Gasteiger partial charge in [0, 0.05) is 37.6 Å². The number of carbonyl (C=O) groups is 1. The third-order valence-electron chi connectivity index (χ3n) is 4.33. The second-order valence-corrected chi connectivity index (χ2v) is 6.76. The maximum Gasteiger partial charge on any atom is 0.322 e. The molecule has 2 N–H and O–H groups in total. The third kappa shape index (κ3) is 2.95. The molecule has 1 aliphatic heterocycles. The predicted molar refractivity (Wildman–Crippen MR) is 85.2 cm³/mol. The number of hydrogen-bond acceptors (Lipinski definition) is 5. The number of amides is 2. The molecule has 118 valence electrons. The van der Waals surface area contributed by atoms with Crippen molar-refractivity contribution < 1.29 is 9.90 Å². The van der Waals surface area contributed by atoms with Gasteiger partial charge in [-0.15, -0.1) is 11.3 Å². The summed E-state index contributed by atoms with van der Waals surface area (Å²) >= 11 is 1.55. The van der Waals surface area contributed by atoms with Crippen LogP contribution in [0.2, 0.25) is 0 Å². The number of β-amino-alcohol motifs (C(OH)–C–C–N with tert-alkyl or cyclic N) is 1. The normalized spacial score (nSPS) is 18.1. The Morgan fingerprint density at radius 2 is 2.09 bits per heavy atom. The Balaban J connectivity index is 1.62. The molecule has 7 heteroatoms. The molecule has 0 spiro atoms. The second-order valence-electron chi connectivity index (χ2n) is 5.66. The largest absolute Gasteiger partial charge is 0.395 e. The van der Waals surface area contributed by atoms with E-state index in [1.165, 1.54) is 4.88 Å². The van der Waals surface area contributed by atoms with Crippen LogP contribution in [0.25, 0.3) is 0 Å². The lowest BCUT2D eigenvalue weighted by Gasteiger charge is -2.34. The smallest absolute Gasteiger partial charge is 0.322 e. The van der Waals surface area contributed by atoms with Gasteiger partial charge < -0.3 is 10.0 Å². The summed E-state index contributed by atoms with van der Waals surface area (Å²) in [5.41, 5.74) is 1.79. The van der Waals surface area contributed by atoms with Gasteiger partial charge in [0.25, 0.3) is 0 Å². The lowest BCUT2D eigenvalue weighted by atomic mass is 10.1. The van der Waals surface area contributed by atoms with Crippen LogP contribution < -0.4 is 5.32 Å². The molecule has 1 fully saturated rings. The summed E-state index contributed by atoms with van der Waals surface area (Å²) in [6, 6.07) is 2.12. The van der Waals surface area contributed by atoms with E-state index < -0.39 is 0 Å². The maximum absolute atomic E-state index is 12.4. The molecule has 1 aromatic heterocycles. The van der Waals surface area contributed by atoms with Crippen LogP contribution in [0.3, 0.4) is 0 Å². The zero-order valence-electron chi connectivity index (χ0n) is 12.5. The first kappa shape index (κ1) is 15.3. The third-order valence-corrected chi connectivity index (χ3v) is 5.54. The number of thiophene rings is 1. The zero-order chi connectivity index (χ0) is 15.5. The first-order chi connectivity index (χ1) is 10.7. The van der Waals surface area contributed by atoms with Crippen molar-refractivity contribution in [3.8, 4) is 6.07 Å². The minimum Gasteiger partial charge on any atom is -0.395 e. The molecule has 1 aromatic rings. The van der Waals surface area contributed by atoms with E-state index >= 15 is 0 Å². The molecular weight excluding hydrogens is 300 g/mol. The summed E-state index contributed by atoms with van der Waals surface area (Å²) in [4.78, 5) is 17.5. The van der Waals surface area contributed by atoms with Crippen molar-refractivity contribution in [1.29, 1.82) is 5.26 Å². The first-order valence-electron chi connectivity index (χ1n) is 7.66. The van der Waals surface area contributed by atoms with Crippen molar-refractivity contribution in [1.82, 2.24) is 9.80 Å². The fourth-order valence-corrected chi connectivity index (χ4v) is 4.33. The van der Waals surface area contributed by atoms with E-state index in [1.807, 2.05) is 0 Å². The molecule has 0 unspecified atom stereocenters. The molecule has 3 rings (SSSR count). The number of rotatable bonds is 3. The molecule has 0 aromatic carbocycles. The molecule has 2 heterocycles. The number of nitrogens with zero attached hydrogens (tertiary/aromatic N) is 3. The van der Waals surface area contributed by atoms with Crippen molar-refractivity contribution in [3.05, 3.63) is 16.0 Å². The highest BCUT2D eigenvalue weighted by molar-refractivity contribution is 7.16. The first-order valence-corrected chi connectivity index (χ1v) is 8.48. The summed E-state index contributed by atoms with van der Waals surface area (Å²) in [6.07, 6.45) is 3.08. The number of nitrogens with one attached hydrogen (secondary N) is 1. The van der Waals surface area contributed by atoms with Crippen LogP contribution in [0.4, 0.5) is 9.80 Å². The van der Waals surface area contributed by atoms with Crippen LogP contribution in [0, 0.1) is 11.3 Å². The monoisotopic (exact) mass is 320 g/mol. The number of aryl methyl sites for hydroxylation is 1. The standard InChI is InChI=1S/C15H20N4O2S/c16-10-12-11-2-1-3-13(11)22-14(12)17-15(21)19-6-4-18(5-7-19)8-9-20/h20H,1-9H2,(H,17,21). The van der Waals surface area contributed by atoms with E-state index in [2.05, 4.69) is 16.3 Å². The summed E-state index contributed by atoms with van der Waals surface area (Å²) < 4.78 is 0. The quantitative estimate of drug-likeness (QED) is 0.878. The van der Waals surface area contributed by atoms with Gasteiger partial charge in [-0.1, -0.05) is 0 Å². The molecule has 6 nitrogen and oxygen atoms in total. The maximum atomic E-state index is 12.4. The number of urea groups is 1. The summed E-state index contributed by atoms with van der Waals surface area (Å²) in [5, 5.41) is 21.9. The van der Waals surface area contributed by atoms with Gasteiger partial charge in [0.1, 0.15) is 11.1 Å². The zero-order valence-corrected chi connectivity index (χ0v) is 13.3. The molecule has 0 atom stereocenters. The number of piperazine rings is 1. The summed E-state index contributed by atoms with van der Waals surface area (Å²) in [6.45, 7) is 3.67. The minimum absolute atomic E-state index is 0.125. The Kier molecular flexibility index (Phi) is 4.62. The molecule has 22 heavy (non-hydrogen) atoms. The molecule has 2 aliphatic rings. The van der Waals surface area contributed by atoms with Crippen LogP contribution in [0.1, 0.15) is 22.4 Å². The fraction of sp³-hybridized carbons (Fsp3) is 0.600. The number of carbonyl (C=O) groups excluding carboxylic acids is 1. The van der Waals surface area contributed by atoms with Gasteiger partial charge in [-0.25, -0.2) is 4.79 Å². The van der Waals surface area contributed by atoms with Gasteiger partial charge in [-0.2, -0.15) is 5.26 Å². The Bertz CT molecular complexity index is 599. The highest BCUT2D eigenvalue weighted by Crippen LogP contribution is 2.38. The van der Waals surface area contributed by atoms with Gasteiger partial charge in [-0.3, -0.25) is 10.2 Å². The van der Waals surface area contributed by atoms with E-state index in [0.29, 0.717) is 30.2 Å². The Labute approximate surface area is 133 Å². The van der Waals surface area contributed by atoms with Crippen LogP contribution >= 0.6 is 11.3 Å². The number of hydrogen-bond donors (Lipinski definition) is 2. The topological polar surface area (TPSA) is 79.6 Å². The molecule has 0 radical (unpaired) electrons. The average molecular weight is 320 g/mol. The summed E-state index contributed by atoms with van der Waals surface area (Å²) in [5.74, 6) is 0. The van der Waals surface area contributed by atoms with E-state index in [9.17, 15) is 10.1 Å². The molecule has 2 amide bonds. The average Bonchev–Trinajstić information content (AvgIpc) is 3.08. The van der Waals surface area contributed by atoms with Crippen molar-refractivity contribution in [3.63, 3.8) is 0 Å².